The summed E-state index contributed by atoms with van der Waals surface area (Å²) in [5, 5.41) is 5.54. The largest absolute Gasteiger partial charge is 0.487 e. The first kappa shape index (κ1) is 23.2. The summed E-state index contributed by atoms with van der Waals surface area (Å²) in [6, 6.07) is 31.2. The lowest BCUT2D eigenvalue weighted by atomic mass is 9.98. The van der Waals surface area contributed by atoms with Crippen molar-refractivity contribution in [1.82, 2.24) is 0 Å². The molecule has 0 saturated heterocycles. The molecule has 1 aliphatic carbocycles. The molecule has 0 unspecified atom stereocenters. The number of rotatable bonds is 7. The van der Waals surface area contributed by atoms with E-state index in [0.717, 1.165) is 16.7 Å². The molecule has 6 heteroatoms. The maximum atomic E-state index is 12.7. The third-order valence-corrected chi connectivity index (χ3v) is 6.12. The van der Waals surface area contributed by atoms with Gasteiger partial charge in [0, 0.05) is 24.6 Å². The first-order chi connectivity index (χ1) is 17.6. The molecule has 0 fully saturated rings. The van der Waals surface area contributed by atoms with E-state index in [2.05, 4.69) is 34.9 Å². The molecule has 0 heterocycles. The lowest BCUT2D eigenvalue weighted by molar-refractivity contribution is -0.114. The molecule has 5 rings (SSSR count). The van der Waals surface area contributed by atoms with Gasteiger partial charge < -0.3 is 14.8 Å². The number of carbonyl (C=O) groups is 2. The summed E-state index contributed by atoms with van der Waals surface area (Å²) in [5.41, 5.74) is 6.68. The van der Waals surface area contributed by atoms with Gasteiger partial charge in [-0.05, 0) is 39.9 Å². The highest BCUT2D eigenvalue weighted by molar-refractivity contribution is 5.92. The van der Waals surface area contributed by atoms with Crippen LogP contribution in [0, 0.1) is 0 Å². The molecule has 36 heavy (non-hydrogen) atoms. The van der Waals surface area contributed by atoms with Gasteiger partial charge in [0.05, 0.1) is 5.69 Å². The minimum atomic E-state index is -0.557. The number of ether oxygens (including phenoxy) is 2. The Balaban J connectivity index is 1.27. The number of fused-ring (bicyclic) bond motifs is 3. The number of nitrogens with one attached hydrogen (secondary N) is 2. The summed E-state index contributed by atoms with van der Waals surface area (Å²) in [4.78, 5) is 24.3. The molecule has 2 amide bonds. The average Bonchev–Trinajstić information content (AvgIpc) is 3.21. The van der Waals surface area contributed by atoms with Crippen LogP contribution >= 0.6 is 0 Å². The summed E-state index contributed by atoms with van der Waals surface area (Å²) in [7, 11) is 0. The maximum Gasteiger partial charge on any atom is 0.411 e. The van der Waals surface area contributed by atoms with Gasteiger partial charge in [0.1, 0.15) is 19.0 Å². The van der Waals surface area contributed by atoms with Crippen LogP contribution in [0.4, 0.5) is 16.2 Å². The van der Waals surface area contributed by atoms with E-state index in [0.29, 0.717) is 23.7 Å². The van der Waals surface area contributed by atoms with Crippen LogP contribution in [0.5, 0.6) is 5.75 Å². The molecule has 0 saturated carbocycles. The van der Waals surface area contributed by atoms with Crippen LogP contribution in [0.15, 0.2) is 97.1 Å². The molecule has 0 aliphatic heterocycles. The number of hydrogen-bond acceptors (Lipinski definition) is 4. The lowest BCUT2D eigenvalue weighted by Gasteiger charge is -2.16. The molecule has 6 nitrogen and oxygen atoms in total. The molecule has 0 radical (unpaired) electrons. The fourth-order valence-corrected chi connectivity index (χ4v) is 4.50. The number of hydrogen-bond donors (Lipinski definition) is 2. The summed E-state index contributed by atoms with van der Waals surface area (Å²) >= 11 is 0. The van der Waals surface area contributed by atoms with Gasteiger partial charge in [-0.2, -0.15) is 0 Å². The number of benzene rings is 4. The molecule has 4 aromatic rings. The highest BCUT2D eigenvalue weighted by Gasteiger charge is 2.29. The van der Waals surface area contributed by atoms with Gasteiger partial charge in [-0.3, -0.25) is 10.1 Å². The number of amides is 2. The molecular formula is C30H26N2O4. The zero-order chi connectivity index (χ0) is 24.9. The standard InChI is InChI=1S/C30H26N2O4/c1-20(33)31-28-16-15-22(17-29(28)35-18-21-9-3-2-4-10-21)32-30(34)36-19-27-25-13-7-5-11-23(25)24-12-6-8-14-26(24)27/h2-17,27H,18-19H2,1H3,(H,31,33)(H,32,34). The Bertz CT molecular complexity index is 1360. The van der Waals surface area contributed by atoms with Crippen molar-refractivity contribution in [3.8, 4) is 16.9 Å². The second-order valence-corrected chi connectivity index (χ2v) is 8.62. The molecular weight excluding hydrogens is 452 g/mol. The molecule has 0 atom stereocenters. The third-order valence-electron chi connectivity index (χ3n) is 6.12. The van der Waals surface area contributed by atoms with Crippen LogP contribution < -0.4 is 15.4 Å². The molecule has 0 aromatic heterocycles. The van der Waals surface area contributed by atoms with Gasteiger partial charge >= 0.3 is 6.09 Å². The zero-order valence-corrected chi connectivity index (χ0v) is 19.9. The van der Waals surface area contributed by atoms with Gasteiger partial charge in [-0.1, -0.05) is 78.9 Å². The lowest BCUT2D eigenvalue weighted by Crippen LogP contribution is -2.18. The predicted octanol–water partition coefficient (Wildman–Crippen LogP) is 6.59. The topological polar surface area (TPSA) is 76.7 Å². The minimum absolute atomic E-state index is 0.0185. The van der Waals surface area contributed by atoms with E-state index in [1.165, 1.54) is 18.1 Å². The molecule has 1 aliphatic rings. The van der Waals surface area contributed by atoms with E-state index in [9.17, 15) is 9.59 Å². The Morgan fingerprint density at radius 2 is 1.42 bits per heavy atom. The Hall–Kier alpha value is -4.58. The Morgan fingerprint density at radius 3 is 2.08 bits per heavy atom. The number of anilines is 2. The number of carbonyl (C=O) groups excluding carboxylic acids is 2. The van der Waals surface area contributed by atoms with E-state index in [1.807, 2.05) is 54.6 Å². The summed E-state index contributed by atoms with van der Waals surface area (Å²) in [5.74, 6) is 0.220. The van der Waals surface area contributed by atoms with E-state index in [4.69, 9.17) is 9.47 Å². The highest BCUT2D eigenvalue weighted by Crippen LogP contribution is 2.44. The van der Waals surface area contributed by atoms with Crippen molar-refractivity contribution in [3.63, 3.8) is 0 Å². The molecule has 2 N–H and O–H groups in total. The van der Waals surface area contributed by atoms with Crippen LogP contribution in [-0.2, 0) is 16.1 Å². The molecule has 180 valence electrons. The van der Waals surface area contributed by atoms with Gasteiger partial charge in [0.15, 0.2) is 0 Å². The van der Waals surface area contributed by atoms with Crippen molar-refractivity contribution in [2.45, 2.75) is 19.4 Å². The van der Waals surface area contributed by atoms with Gasteiger partial charge in [0.2, 0.25) is 5.91 Å². The van der Waals surface area contributed by atoms with Crippen LogP contribution in [0.3, 0.4) is 0 Å². The smallest absolute Gasteiger partial charge is 0.411 e. The highest BCUT2D eigenvalue weighted by atomic mass is 16.5. The normalized spacial score (nSPS) is 11.8. The molecule has 0 spiro atoms. The SMILES string of the molecule is CC(=O)Nc1ccc(NC(=O)OCC2c3ccccc3-c3ccccc32)cc1OCc1ccccc1. The van der Waals surface area contributed by atoms with Crippen LogP contribution in [-0.4, -0.2) is 18.6 Å². The fraction of sp³-hybridized carbons (Fsp3) is 0.133. The first-order valence-corrected chi connectivity index (χ1v) is 11.8. The second-order valence-electron chi connectivity index (χ2n) is 8.62. The maximum absolute atomic E-state index is 12.7. The van der Waals surface area contributed by atoms with Crippen molar-refractivity contribution in [1.29, 1.82) is 0 Å². The van der Waals surface area contributed by atoms with Crippen molar-refractivity contribution >= 4 is 23.4 Å². The zero-order valence-electron chi connectivity index (χ0n) is 19.9. The molecule has 4 aromatic carbocycles. The van der Waals surface area contributed by atoms with Gasteiger partial charge in [-0.15, -0.1) is 0 Å². The van der Waals surface area contributed by atoms with Gasteiger partial charge in [-0.25, -0.2) is 4.79 Å². The molecule has 0 bridgehead atoms. The first-order valence-electron chi connectivity index (χ1n) is 11.8. The van der Waals surface area contributed by atoms with E-state index >= 15 is 0 Å². The van der Waals surface area contributed by atoms with Crippen molar-refractivity contribution in [2.75, 3.05) is 17.2 Å². The summed E-state index contributed by atoms with van der Waals surface area (Å²) in [6.07, 6.45) is -0.557. The van der Waals surface area contributed by atoms with E-state index < -0.39 is 6.09 Å². The van der Waals surface area contributed by atoms with Gasteiger partial charge in [0.25, 0.3) is 0 Å². The van der Waals surface area contributed by atoms with E-state index in [-0.39, 0.29) is 18.4 Å². The average molecular weight is 479 g/mol. The van der Waals surface area contributed by atoms with Crippen LogP contribution in [0.25, 0.3) is 11.1 Å². The summed E-state index contributed by atoms with van der Waals surface area (Å²) in [6.45, 7) is 1.98. The van der Waals surface area contributed by atoms with Crippen molar-refractivity contribution < 1.29 is 19.1 Å². The van der Waals surface area contributed by atoms with E-state index in [1.54, 1.807) is 18.2 Å². The second kappa shape index (κ2) is 10.4. The Morgan fingerprint density at radius 1 is 0.778 bits per heavy atom. The Labute approximate surface area is 209 Å². The monoisotopic (exact) mass is 478 g/mol. The predicted molar refractivity (Wildman–Crippen MR) is 140 cm³/mol. The minimum Gasteiger partial charge on any atom is -0.487 e. The third kappa shape index (κ3) is 5.08. The van der Waals surface area contributed by atoms with Crippen LogP contribution in [0.1, 0.15) is 29.5 Å². The van der Waals surface area contributed by atoms with Crippen molar-refractivity contribution in [2.24, 2.45) is 0 Å². The summed E-state index contributed by atoms with van der Waals surface area (Å²) < 4.78 is 11.6. The van der Waals surface area contributed by atoms with Crippen molar-refractivity contribution in [3.05, 3.63) is 114 Å². The fourth-order valence-electron chi connectivity index (χ4n) is 4.50. The quantitative estimate of drug-likeness (QED) is 0.314. The Kier molecular flexibility index (Phi) is 6.67. The van der Waals surface area contributed by atoms with Crippen LogP contribution in [0.2, 0.25) is 0 Å².